The number of rotatable bonds is 5. The van der Waals surface area contributed by atoms with E-state index in [2.05, 4.69) is 26.1 Å². The fraction of sp³-hybridized carbons (Fsp3) is 0.929. The third-order valence-electron chi connectivity index (χ3n) is 4.30. The monoisotopic (exact) mass is 254 g/mol. The molecule has 0 radical (unpaired) electrons. The molecule has 0 aromatic rings. The SMILES string of the molecule is CCCCC1NC(C)N(CC2CCOC2C)C1=O. The number of unbranched alkanes of at least 4 members (excludes halogenated alkanes) is 1. The van der Waals surface area contributed by atoms with Gasteiger partial charge in [-0.15, -0.1) is 0 Å². The number of carbonyl (C=O) groups excluding carboxylic acids is 1. The summed E-state index contributed by atoms with van der Waals surface area (Å²) in [5, 5.41) is 3.41. The van der Waals surface area contributed by atoms with Crippen molar-refractivity contribution in [2.45, 2.75) is 64.8 Å². The van der Waals surface area contributed by atoms with E-state index in [9.17, 15) is 4.79 Å². The van der Waals surface area contributed by atoms with Gasteiger partial charge in [0, 0.05) is 19.1 Å². The predicted molar refractivity (Wildman–Crippen MR) is 71.1 cm³/mol. The van der Waals surface area contributed by atoms with Gasteiger partial charge in [0.25, 0.3) is 0 Å². The average molecular weight is 254 g/mol. The standard InChI is InChI=1S/C14H26N2O2/c1-4-5-6-13-14(17)16(11(3)15-13)9-12-7-8-18-10(12)2/h10-13,15H,4-9H2,1-3H3. The molecule has 0 bridgehead atoms. The van der Waals surface area contributed by atoms with Crippen molar-refractivity contribution < 1.29 is 9.53 Å². The van der Waals surface area contributed by atoms with Gasteiger partial charge in [0.05, 0.1) is 18.3 Å². The molecule has 2 saturated heterocycles. The van der Waals surface area contributed by atoms with Crippen molar-refractivity contribution in [2.24, 2.45) is 5.92 Å². The molecule has 2 aliphatic rings. The lowest BCUT2D eigenvalue weighted by atomic mass is 10.0. The van der Waals surface area contributed by atoms with Crippen LogP contribution in [0, 0.1) is 5.92 Å². The lowest BCUT2D eigenvalue weighted by Crippen LogP contribution is -2.39. The highest BCUT2D eigenvalue weighted by molar-refractivity contribution is 5.84. The number of hydrogen-bond acceptors (Lipinski definition) is 3. The molecule has 2 rings (SSSR count). The van der Waals surface area contributed by atoms with Crippen LogP contribution >= 0.6 is 0 Å². The van der Waals surface area contributed by atoms with Gasteiger partial charge in [0.1, 0.15) is 0 Å². The van der Waals surface area contributed by atoms with E-state index in [-0.39, 0.29) is 18.1 Å². The number of hydrogen-bond donors (Lipinski definition) is 1. The number of nitrogens with zero attached hydrogens (tertiary/aromatic N) is 1. The van der Waals surface area contributed by atoms with Crippen molar-refractivity contribution in [2.75, 3.05) is 13.2 Å². The van der Waals surface area contributed by atoms with Crippen LogP contribution in [-0.2, 0) is 9.53 Å². The molecule has 1 amide bonds. The summed E-state index contributed by atoms with van der Waals surface area (Å²) in [7, 11) is 0. The number of nitrogens with one attached hydrogen (secondary N) is 1. The van der Waals surface area contributed by atoms with Gasteiger partial charge in [-0.1, -0.05) is 19.8 Å². The van der Waals surface area contributed by atoms with Crippen molar-refractivity contribution in [1.82, 2.24) is 10.2 Å². The minimum atomic E-state index is 0.0394. The highest BCUT2D eigenvalue weighted by atomic mass is 16.5. The molecule has 2 fully saturated rings. The fourth-order valence-corrected chi connectivity index (χ4v) is 2.98. The Labute approximate surface area is 110 Å². The van der Waals surface area contributed by atoms with Crippen molar-refractivity contribution in [3.05, 3.63) is 0 Å². The van der Waals surface area contributed by atoms with Crippen LogP contribution < -0.4 is 5.32 Å². The van der Waals surface area contributed by atoms with E-state index in [0.717, 1.165) is 38.8 Å². The molecule has 4 atom stereocenters. The second-order valence-corrected chi connectivity index (χ2v) is 5.65. The molecule has 2 heterocycles. The van der Waals surface area contributed by atoms with Crippen LogP contribution in [0.15, 0.2) is 0 Å². The number of carbonyl (C=O) groups is 1. The lowest BCUT2D eigenvalue weighted by Gasteiger charge is -2.25. The van der Waals surface area contributed by atoms with Gasteiger partial charge < -0.3 is 9.64 Å². The van der Waals surface area contributed by atoms with Crippen molar-refractivity contribution in [3.63, 3.8) is 0 Å². The molecule has 0 aliphatic carbocycles. The van der Waals surface area contributed by atoms with E-state index < -0.39 is 0 Å². The van der Waals surface area contributed by atoms with Crippen LogP contribution in [0.4, 0.5) is 0 Å². The van der Waals surface area contributed by atoms with Crippen molar-refractivity contribution in [3.8, 4) is 0 Å². The van der Waals surface area contributed by atoms with Crippen LogP contribution in [0.5, 0.6) is 0 Å². The van der Waals surface area contributed by atoms with Gasteiger partial charge in [-0.2, -0.15) is 0 Å². The van der Waals surface area contributed by atoms with E-state index in [1.165, 1.54) is 0 Å². The normalized spacial score (nSPS) is 36.6. The smallest absolute Gasteiger partial charge is 0.241 e. The van der Waals surface area contributed by atoms with Gasteiger partial charge >= 0.3 is 0 Å². The summed E-state index contributed by atoms with van der Waals surface area (Å²) in [5.74, 6) is 0.790. The molecule has 4 nitrogen and oxygen atoms in total. The van der Waals surface area contributed by atoms with Gasteiger partial charge in [0.15, 0.2) is 0 Å². The van der Waals surface area contributed by atoms with Gasteiger partial charge in [-0.25, -0.2) is 0 Å². The zero-order chi connectivity index (χ0) is 13.1. The van der Waals surface area contributed by atoms with Crippen LogP contribution in [0.25, 0.3) is 0 Å². The maximum Gasteiger partial charge on any atom is 0.241 e. The van der Waals surface area contributed by atoms with Gasteiger partial charge in [-0.3, -0.25) is 10.1 Å². The molecular weight excluding hydrogens is 228 g/mol. The van der Waals surface area contributed by atoms with Crippen LogP contribution in [0.1, 0.15) is 46.5 Å². The third kappa shape index (κ3) is 2.86. The highest BCUT2D eigenvalue weighted by Gasteiger charge is 2.38. The Morgan fingerprint density at radius 2 is 2.22 bits per heavy atom. The Balaban J connectivity index is 1.90. The average Bonchev–Trinajstić information content (AvgIpc) is 2.86. The summed E-state index contributed by atoms with van der Waals surface area (Å²) in [6.07, 6.45) is 4.77. The molecular formula is C14H26N2O2. The van der Waals surface area contributed by atoms with Gasteiger partial charge in [0.2, 0.25) is 5.91 Å². The summed E-state index contributed by atoms with van der Waals surface area (Å²) in [4.78, 5) is 14.3. The molecule has 1 N–H and O–H groups in total. The first-order chi connectivity index (χ1) is 8.63. The molecule has 104 valence electrons. The van der Waals surface area contributed by atoms with Crippen LogP contribution in [0.2, 0.25) is 0 Å². The molecule has 0 aromatic carbocycles. The third-order valence-corrected chi connectivity index (χ3v) is 4.30. The summed E-state index contributed by atoms with van der Waals surface area (Å²) in [5.41, 5.74) is 0. The number of amides is 1. The van der Waals surface area contributed by atoms with E-state index in [1.807, 2.05) is 4.90 Å². The summed E-state index contributed by atoms with van der Waals surface area (Å²) in [6, 6.07) is 0.0394. The molecule has 4 heteroatoms. The first-order valence-electron chi connectivity index (χ1n) is 7.31. The molecule has 2 aliphatic heterocycles. The zero-order valence-electron chi connectivity index (χ0n) is 11.8. The molecule has 0 aromatic heterocycles. The van der Waals surface area contributed by atoms with Crippen LogP contribution in [0.3, 0.4) is 0 Å². The summed E-state index contributed by atoms with van der Waals surface area (Å²) < 4.78 is 5.58. The topological polar surface area (TPSA) is 41.6 Å². The molecule has 0 saturated carbocycles. The largest absolute Gasteiger partial charge is 0.378 e. The van der Waals surface area contributed by atoms with E-state index >= 15 is 0 Å². The zero-order valence-corrected chi connectivity index (χ0v) is 11.8. The summed E-state index contributed by atoms with van der Waals surface area (Å²) in [6.45, 7) is 8.05. The minimum absolute atomic E-state index is 0.0394. The second-order valence-electron chi connectivity index (χ2n) is 5.65. The fourth-order valence-electron chi connectivity index (χ4n) is 2.98. The second kappa shape index (κ2) is 6.02. The van der Waals surface area contributed by atoms with E-state index in [4.69, 9.17) is 4.74 Å². The number of ether oxygens (including phenoxy) is 1. The van der Waals surface area contributed by atoms with Crippen LogP contribution in [-0.4, -0.2) is 42.3 Å². The maximum absolute atomic E-state index is 12.3. The Bertz CT molecular complexity index is 296. The Hall–Kier alpha value is -0.610. The molecule has 4 unspecified atom stereocenters. The highest BCUT2D eigenvalue weighted by Crippen LogP contribution is 2.24. The van der Waals surface area contributed by atoms with Gasteiger partial charge in [-0.05, 0) is 26.7 Å². The Morgan fingerprint density at radius 1 is 1.44 bits per heavy atom. The molecule has 18 heavy (non-hydrogen) atoms. The quantitative estimate of drug-likeness (QED) is 0.812. The Morgan fingerprint density at radius 3 is 2.83 bits per heavy atom. The summed E-state index contributed by atoms with van der Waals surface area (Å²) >= 11 is 0. The van der Waals surface area contributed by atoms with E-state index in [1.54, 1.807) is 0 Å². The lowest BCUT2D eigenvalue weighted by molar-refractivity contribution is -0.130. The predicted octanol–water partition coefficient (Wildman–Crippen LogP) is 1.75. The first-order valence-corrected chi connectivity index (χ1v) is 7.31. The van der Waals surface area contributed by atoms with Crippen molar-refractivity contribution >= 4 is 5.91 Å². The first kappa shape index (κ1) is 13.8. The van der Waals surface area contributed by atoms with E-state index in [0.29, 0.717) is 12.0 Å². The maximum atomic E-state index is 12.3. The Kier molecular flexibility index (Phi) is 4.62. The molecule has 0 spiro atoms. The minimum Gasteiger partial charge on any atom is -0.378 e. The van der Waals surface area contributed by atoms with Crippen molar-refractivity contribution in [1.29, 1.82) is 0 Å².